The van der Waals surface area contributed by atoms with Gasteiger partial charge in [-0.1, -0.05) is 24.3 Å². The number of hydrogen-bond donors (Lipinski definition) is 2. The maximum Gasteiger partial charge on any atom is 0.241 e. The molecule has 2 rings (SSSR count). The molecule has 1 aromatic heterocycles. The van der Waals surface area contributed by atoms with E-state index in [9.17, 15) is 4.79 Å². The average Bonchev–Trinajstić information content (AvgIpc) is 3.00. The Labute approximate surface area is 123 Å². The molecule has 0 radical (unpaired) electrons. The number of aryl methyl sites for hydroxylation is 1. The van der Waals surface area contributed by atoms with Gasteiger partial charge in [0.1, 0.15) is 6.61 Å². The maximum absolute atomic E-state index is 11.5. The third kappa shape index (κ3) is 3.82. The summed E-state index contributed by atoms with van der Waals surface area (Å²) in [6.07, 6.45) is 3.56. The van der Waals surface area contributed by atoms with E-state index in [2.05, 4.69) is 10.5 Å². The Balaban J connectivity index is 1.94. The summed E-state index contributed by atoms with van der Waals surface area (Å²) in [5.41, 5.74) is 4.11. The van der Waals surface area contributed by atoms with Crippen LogP contribution in [0.2, 0.25) is 0 Å². The average molecular weight is 288 g/mol. The van der Waals surface area contributed by atoms with Crippen molar-refractivity contribution in [3.05, 3.63) is 47.8 Å². The van der Waals surface area contributed by atoms with Crippen molar-refractivity contribution >= 4 is 5.91 Å². The lowest BCUT2D eigenvalue weighted by molar-refractivity contribution is -0.122. The molecular formula is C15H20N4O2. The van der Waals surface area contributed by atoms with Gasteiger partial charge in [0.25, 0.3) is 0 Å². The molecule has 21 heavy (non-hydrogen) atoms. The number of ether oxygens (including phenoxy) is 1. The zero-order chi connectivity index (χ0) is 15.2. The number of nitrogens with one attached hydrogen (secondary N) is 1. The SMILES string of the molecule is CCn1cc(OCc2ccc(C(C)C(=O)NN)cc2)cn1. The summed E-state index contributed by atoms with van der Waals surface area (Å²) in [6.45, 7) is 5.12. The Hall–Kier alpha value is -2.34. The lowest BCUT2D eigenvalue weighted by Gasteiger charge is -2.11. The summed E-state index contributed by atoms with van der Waals surface area (Å²) in [6, 6.07) is 7.71. The number of benzene rings is 1. The van der Waals surface area contributed by atoms with Gasteiger partial charge in [0.05, 0.1) is 18.3 Å². The molecule has 0 aliphatic carbocycles. The molecule has 3 N–H and O–H groups in total. The van der Waals surface area contributed by atoms with Crippen LogP contribution in [0, 0.1) is 0 Å². The predicted octanol–water partition coefficient (Wildman–Crippen LogP) is 1.58. The van der Waals surface area contributed by atoms with E-state index < -0.39 is 0 Å². The summed E-state index contributed by atoms with van der Waals surface area (Å²) in [7, 11) is 0. The number of hydrogen-bond acceptors (Lipinski definition) is 4. The number of nitrogens with zero attached hydrogens (tertiary/aromatic N) is 2. The zero-order valence-corrected chi connectivity index (χ0v) is 12.2. The first-order valence-corrected chi connectivity index (χ1v) is 6.88. The first-order valence-electron chi connectivity index (χ1n) is 6.88. The second-order valence-corrected chi connectivity index (χ2v) is 4.79. The highest BCUT2D eigenvalue weighted by Crippen LogP contribution is 2.17. The maximum atomic E-state index is 11.5. The molecule has 112 valence electrons. The molecule has 2 aromatic rings. The van der Waals surface area contributed by atoms with Crippen molar-refractivity contribution in [3.8, 4) is 5.75 Å². The van der Waals surface area contributed by atoms with Gasteiger partial charge in [0, 0.05) is 6.54 Å². The van der Waals surface area contributed by atoms with Crippen LogP contribution in [-0.4, -0.2) is 15.7 Å². The quantitative estimate of drug-likeness (QED) is 0.480. The van der Waals surface area contributed by atoms with Gasteiger partial charge in [0.15, 0.2) is 5.75 Å². The van der Waals surface area contributed by atoms with Gasteiger partial charge in [0.2, 0.25) is 5.91 Å². The second-order valence-electron chi connectivity index (χ2n) is 4.79. The number of hydrazine groups is 1. The van der Waals surface area contributed by atoms with Crippen LogP contribution in [0.5, 0.6) is 5.75 Å². The monoisotopic (exact) mass is 288 g/mol. The Kier molecular flexibility index (Phi) is 4.94. The van der Waals surface area contributed by atoms with Crippen LogP contribution in [0.25, 0.3) is 0 Å². The normalized spacial score (nSPS) is 12.0. The third-order valence-electron chi connectivity index (χ3n) is 3.35. The fraction of sp³-hybridized carbons (Fsp3) is 0.333. The highest BCUT2D eigenvalue weighted by atomic mass is 16.5. The minimum absolute atomic E-state index is 0.203. The van der Waals surface area contributed by atoms with E-state index in [1.807, 2.05) is 49.0 Å². The van der Waals surface area contributed by atoms with Crippen molar-refractivity contribution in [2.75, 3.05) is 0 Å². The van der Waals surface area contributed by atoms with E-state index >= 15 is 0 Å². The summed E-state index contributed by atoms with van der Waals surface area (Å²) in [4.78, 5) is 11.5. The second kappa shape index (κ2) is 6.90. The Morgan fingerprint density at radius 2 is 2.14 bits per heavy atom. The van der Waals surface area contributed by atoms with E-state index in [1.165, 1.54) is 0 Å². The smallest absolute Gasteiger partial charge is 0.241 e. The van der Waals surface area contributed by atoms with Crippen molar-refractivity contribution in [2.24, 2.45) is 5.84 Å². The minimum Gasteiger partial charge on any atom is -0.486 e. The summed E-state index contributed by atoms with van der Waals surface area (Å²) in [5.74, 6) is 5.41. The number of aromatic nitrogens is 2. The molecule has 0 spiro atoms. The summed E-state index contributed by atoms with van der Waals surface area (Å²) >= 11 is 0. The van der Waals surface area contributed by atoms with Crippen molar-refractivity contribution < 1.29 is 9.53 Å². The highest BCUT2D eigenvalue weighted by Gasteiger charge is 2.13. The van der Waals surface area contributed by atoms with Crippen molar-refractivity contribution in [1.29, 1.82) is 0 Å². The molecular weight excluding hydrogens is 268 g/mol. The van der Waals surface area contributed by atoms with Crippen molar-refractivity contribution in [2.45, 2.75) is 32.9 Å². The predicted molar refractivity (Wildman–Crippen MR) is 79.4 cm³/mol. The molecule has 0 aliphatic rings. The number of rotatable bonds is 6. The molecule has 1 amide bonds. The van der Waals surface area contributed by atoms with Gasteiger partial charge in [-0.25, -0.2) is 5.84 Å². The van der Waals surface area contributed by atoms with Gasteiger partial charge in [-0.3, -0.25) is 14.9 Å². The van der Waals surface area contributed by atoms with E-state index in [1.54, 1.807) is 6.20 Å². The topological polar surface area (TPSA) is 82.2 Å². The largest absolute Gasteiger partial charge is 0.486 e. The van der Waals surface area contributed by atoms with Crippen LogP contribution in [0.1, 0.15) is 30.9 Å². The van der Waals surface area contributed by atoms with Crippen LogP contribution in [0.4, 0.5) is 0 Å². The van der Waals surface area contributed by atoms with E-state index in [0.717, 1.165) is 23.4 Å². The Morgan fingerprint density at radius 3 is 2.71 bits per heavy atom. The number of nitrogens with two attached hydrogens (primary N) is 1. The number of carbonyl (C=O) groups is 1. The summed E-state index contributed by atoms with van der Waals surface area (Å²) < 4.78 is 7.47. The first kappa shape index (κ1) is 15.1. The van der Waals surface area contributed by atoms with Gasteiger partial charge >= 0.3 is 0 Å². The molecule has 1 unspecified atom stereocenters. The minimum atomic E-state index is -0.271. The Morgan fingerprint density at radius 1 is 1.43 bits per heavy atom. The molecule has 0 aliphatic heterocycles. The standard InChI is InChI=1S/C15H20N4O2/c1-3-19-9-14(8-17-19)21-10-12-4-6-13(7-5-12)11(2)15(20)18-16/h4-9,11H,3,10,16H2,1-2H3,(H,18,20). The fourth-order valence-electron chi connectivity index (χ4n) is 1.94. The summed E-state index contributed by atoms with van der Waals surface area (Å²) in [5, 5.41) is 4.15. The molecule has 0 saturated carbocycles. The van der Waals surface area contributed by atoms with Crippen molar-refractivity contribution in [3.63, 3.8) is 0 Å². The molecule has 1 aromatic carbocycles. The van der Waals surface area contributed by atoms with E-state index in [0.29, 0.717) is 6.61 Å². The van der Waals surface area contributed by atoms with Crippen LogP contribution in [0.3, 0.4) is 0 Å². The van der Waals surface area contributed by atoms with E-state index in [4.69, 9.17) is 10.6 Å². The molecule has 0 saturated heterocycles. The van der Waals surface area contributed by atoms with Crippen LogP contribution >= 0.6 is 0 Å². The molecule has 6 nitrogen and oxygen atoms in total. The lowest BCUT2D eigenvalue weighted by Crippen LogP contribution is -2.33. The van der Waals surface area contributed by atoms with Crippen LogP contribution < -0.4 is 16.0 Å². The van der Waals surface area contributed by atoms with Gasteiger partial charge in [-0.15, -0.1) is 0 Å². The van der Waals surface area contributed by atoms with Crippen molar-refractivity contribution in [1.82, 2.24) is 15.2 Å². The molecule has 0 bridgehead atoms. The Bertz CT molecular complexity index is 592. The molecule has 1 heterocycles. The van der Waals surface area contributed by atoms with Crippen LogP contribution in [-0.2, 0) is 17.9 Å². The zero-order valence-electron chi connectivity index (χ0n) is 12.2. The molecule has 6 heteroatoms. The van der Waals surface area contributed by atoms with Crippen LogP contribution in [0.15, 0.2) is 36.7 Å². The first-order chi connectivity index (χ1) is 10.1. The number of carbonyl (C=O) groups excluding carboxylic acids is 1. The van der Waals surface area contributed by atoms with Gasteiger partial charge < -0.3 is 4.74 Å². The third-order valence-corrected chi connectivity index (χ3v) is 3.35. The van der Waals surface area contributed by atoms with E-state index in [-0.39, 0.29) is 11.8 Å². The van der Waals surface area contributed by atoms with Gasteiger partial charge in [-0.2, -0.15) is 5.10 Å². The highest BCUT2D eigenvalue weighted by molar-refractivity contribution is 5.82. The fourth-order valence-corrected chi connectivity index (χ4v) is 1.94. The molecule has 1 atom stereocenters. The van der Waals surface area contributed by atoms with Gasteiger partial charge in [-0.05, 0) is 25.0 Å². The lowest BCUT2D eigenvalue weighted by atomic mass is 9.99. The number of amides is 1. The molecule has 0 fully saturated rings.